The second-order valence-corrected chi connectivity index (χ2v) is 15.2. The fourth-order valence-electron chi connectivity index (χ4n) is 8.45. The first-order chi connectivity index (χ1) is 30.2. The molecule has 2 aromatic heterocycles. The van der Waals surface area contributed by atoms with Crippen LogP contribution in [0.3, 0.4) is 0 Å². The van der Waals surface area contributed by atoms with Gasteiger partial charge in [0.25, 0.3) is 0 Å². The van der Waals surface area contributed by atoms with E-state index < -0.39 is 0 Å². The Balaban J connectivity index is 1.04. The van der Waals surface area contributed by atoms with Gasteiger partial charge in [0.1, 0.15) is 0 Å². The fraction of sp³-hybridized carbons (Fsp3) is 0. The number of aromatic nitrogens is 4. The van der Waals surface area contributed by atoms with E-state index in [1.54, 1.807) is 0 Å². The Bertz CT molecular complexity index is 3300. The van der Waals surface area contributed by atoms with Crippen LogP contribution in [-0.4, -0.2) is 19.5 Å². The van der Waals surface area contributed by atoms with Gasteiger partial charge in [-0.05, 0) is 74.8 Å². The standard InChI is InChI=1S/C57H38N4/c1-5-16-39(17-6-1)41-28-32-45(33-29-41)56-58-55(44-22-11-4-12-23-44)59-57(60-56)46-34-30-42(31-35-46)48-37-51(43-20-9-3-10-21-43)54-50-26-13-14-27-52(50)61(53(54)38-48)49-25-15-24-47(36-49)40-18-7-2-8-19-40/h1-38H. The lowest BCUT2D eigenvalue weighted by molar-refractivity contribution is 1.07. The number of benzene rings is 9. The van der Waals surface area contributed by atoms with Crippen molar-refractivity contribution < 1.29 is 0 Å². The van der Waals surface area contributed by atoms with Crippen molar-refractivity contribution >= 4 is 21.8 Å². The topological polar surface area (TPSA) is 43.6 Å². The van der Waals surface area contributed by atoms with E-state index in [2.05, 4.69) is 199 Å². The van der Waals surface area contributed by atoms with E-state index in [0.717, 1.165) is 44.6 Å². The highest BCUT2D eigenvalue weighted by Gasteiger charge is 2.19. The van der Waals surface area contributed by atoms with Crippen LogP contribution in [-0.2, 0) is 0 Å². The lowest BCUT2D eigenvalue weighted by Gasteiger charge is -2.14. The Labute approximate surface area is 354 Å². The monoisotopic (exact) mass is 778 g/mol. The fourth-order valence-corrected chi connectivity index (χ4v) is 8.45. The molecule has 11 rings (SSSR count). The summed E-state index contributed by atoms with van der Waals surface area (Å²) in [6.45, 7) is 0. The minimum Gasteiger partial charge on any atom is -0.309 e. The van der Waals surface area contributed by atoms with Crippen molar-refractivity contribution in [3.63, 3.8) is 0 Å². The van der Waals surface area contributed by atoms with Crippen LogP contribution >= 0.6 is 0 Å². The number of para-hydroxylation sites is 1. The molecule has 0 spiro atoms. The molecule has 4 heteroatoms. The molecule has 0 amide bonds. The first-order valence-corrected chi connectivity index (χ1v) is 20.6. The molecule has 0 fully saturated rings. The Morgan fingerprint density at radius 1 is 0.262 bits per heavy atom. The summed E-state index contributed by atoms with van der Waals surface area (Å²) in [5.41, 5.74) is 15.5. The van der Waals surface area contributed by atoms with Crippen LogP contribution in [0.5, 0.6) is 0 Å². The van der Waals surface area contributed by atoms with Gasteiger partial charge in [-0.3, -0.25) is 0 Å². The zero-order valence-corrected chi connectivity index (χ0v) is 33.2. The van der Waals surface area contributed by atoms with Crippen LogP contribution in [0.2, 0.25) is 0 Å². The van der Waals surface area contributed by atoms with E-state index in [4.69, 9.17) is 15.0 Å². The van der Waals surface area contributed by atoms with Crippen molar-refractivity contribution in [2.45, 2.75) is 0 Å². The Kier molecular flexibility index (Phi) is 9.14. The van der Waals surface area contributed by atoms with Crippen molar-refractivity contribution in [2.24, 2.45) is 0 Å². The highest BCUT2D eigenvalue weighted by atomic mass is 15.0. The zero-order chi connectivity index (χ0) is 40.5. The first-order valence-electron chi connectivity index (χ1n) is 20.6. The van der Waals surface area contributed by atoms with Crippen LogP contribution < -0.4 is 0 Å². The van der Waals surface area contributed by atoms with Crippen molar-refractivity contribution in [3.8, 4) is 84.4 Å². The molecule has 0 radical (unpaired) electrons. The molecule has 2 heterocycles. The summed E-state index contributed by atoms with van der Waals surface area (Å²) in [5.74, 6) is 1.90. The van der Waals surface area contributed by atoms with E-state index in [9.17, 15) is 0 Å². The van der Waals surface area contributed by atoms with Crippen LogP contribution in [0.1, 0.15) is 0 Å². The molecule has 61 heavy (non-hydrogen) atoms. The summed E-state index contributed by atoms with van der Waals surface area (Å²) < 4.78 is 2.42. The van der Waals surface area contributed by atoms with E-state index in [0.29, 0.717) is 17.5 Å². The number of rotatable bonds is 8. The lowest BCUT2D eigenvalue weighted by Crippen LogP contribution is -2.00. The van der Waals surface area contributed by atoms with Gasteiger partial charge in [0.15, 0.2) is 17.5 Å². The van der Waals surface area contributed by atoms with Gasteiger partial charge < -0.3 is 4.57 Å². The summed E-state index contributed by atoms with van der Waals surface area (Å²) >= 11 is 0. The molecule has 286 valence electrons. The van der Waals surface area contributed by atoms with Crippen LogP contribution in [0.25, 0.3) is 106 Å². The molecular formula is C57H38N4. The number of hydrogen-bond donors (Lipinski definition) is 0. The van der Waals surface area contributed by atoms with Gasteiger partial charge in [0.05, 0.1) is 11.0 Å². The van der Waals surface area contributed by atoms with E-state index in [1.165, 1.54) is 44.1 Å². The Hall–Kier alpha value is -8.21. The van der Waals surface area contributed by atoms with Gasteiger partial charge >= 0.3 is 0 Å². The summed E-state index contributed by atoms with van der Waals surface area (Å²) in [7, 11) is 0. The second-order valence-electron chi connectivity index (χ2n) is 15.2. The maximum absolute atomic E-state index is 5.07. The smallest absolute Gasteiger partial charge is 0.164 e. The number of fused-ring (bicyclic) bond motifs is 3. The number of nitrogens with zero attached hydrogens (tertiary/aromatic N) is 4. The van der Waals surface area contributed by atoms with Gasteiger partial charge in [-0.15, -0.1) is 0 Å². The molecule has 11 aromatic rings. The highest BCUT2D eigenvalue weighted by Crippen LogP contribution is 2.42. The zero-order valence-electron chi connectivity index (χ0n) is 33.2. The van der Waals surface area contributed by atoms with Crippen molar-refractivity contribution in [1.82, 2.24) is 19.5 Å². The van der Waals surface area contributed by atoms with E-state index in [-0.39, 0.29) is 0 Å². The van der Waals surface area contributed by atoms with E-state index in [1.807, 2.05) is 36.4 Å². The molecular weight excluding hydrogens is 741 g/mol. The minimum absolute atomic E-state index is 0.626. The maximum Gasteiger partial charge on any atom is 0.164 e. The molecule has 0 saturated heterocycles. The lowest BCUT2D eigenvalue weighted by atomic mass is 9.94. The average molecular weight is 779 g/mol. The summed E-state index contributed by atoms with van der Waals surface area (Å²) in [4.78, 5) is 15.1. The second kappa shape index (κ2) is 15.5. The van der Waals surface area contributed by atoms with Gasteiger partial charge in [-0.25, -0.2) is 15.0 Å². The molecule has 0 atom stereocenters. The molecule has 0 N–H and O–H groups in total. The van der Waals surface area contributed by atoms with Gasteiger partial charge in [-0.2, -0.15) is 0 Å². The normalized spacial score (nSPS) is 11.3. The van der Waals surface area contributed by atoms with Crippen LogP contribution in [0.4, 0.5) is 0 Å². The molecule has 0 unspecified atom stereocenters. The third kappa shape index (κ3) is 6.86. The van der Waals surface area contributed by atoms with Crippen molar-refractivity contribution in [1.29, 1.82) is 0 Å². The maximum atomic E-state index is 5.07. The molecule has 0 aliphatic rings. The average Bonchev–Trinajstić information content (AvgIpc) is 3.69. The van der Waals surface area contributed by atoms with Crippen LogP contribution in [0, 0.1) is 0 Å². The van der Waals surface area contributed by atoms with Crippen molar-refractivity contribution in [2.75, 3.05) is 0 Å². The minimum atomic E-state index is 0.626. The van der Waals surface area contributed by atoms with Gasteiger partial charge in [-0.1, -0.05) is 200 Å². The molecule has 4 nitrogen and oxygen atoms in total. The Morgan fingerprint density at radius 2 is 0.672 bits per heavy atom. The third-order valence-electron chi connectivity index (χ3n) is 11.5. The van der Waals surface area contributed by atoms with Gasteiger partial charge in [0, 0.05) is 33.2 Å². The van der Waals surface area contributed by atoms with E-state index >= 15 is 0 Å². The summed E-state index contributed by atoms with van der Waals surface area (Å²) in [6.07, 6.45) is 0. The summed E-state index contributed by atoms with van der Waals surface area (Å²) in [5, 5.41) is 2.45. The highest BCUT2D eigenvalue weighted by molar-refractivity contribution is 6.17. The van der Waals surface area contributed by atoms with Crippen LogP contribution in [0.15, 0.2) is 231 Å². The largest absolute Gasteiger partial charge is 0.309 e. The molecule has 0 bridgehead atoms. The molecule has 9 aromatic carbocycles. The predicted octanol–water partition coefficient (Wildman–Crippen LogP) is 14.6. The molecule has 0 saturated carbocycles. The SMILES string of the molecule is c1ccc(-c2ccc(-c3nc(-c4ccccc4)nc(-c4ccc(-c5cc(-c6ccccc6)c6c7ccccc7n(-c7cccc(-c8ccccc8)c7)c6c5)cc4)n3)cc2)cc1. The van der Waals surface area contributed by atoms with Crippen molar-refractivity contribution in [3.05, 3.63) is 231 Å². The first kappa shape index (κ1) is 35.9. The Morgan fingerprint density at radius 3 is 1.25 bits per heavy atom. The molecule has 0 aliphatic heterocycles. The molecule has 0 aliphatic carbocycles. The van der Waals surface area contributed by atoms with Gasteiger partial charge in [0.2, 0.25) is 0 Å². The third-order valence-corrected chi connectivity index (χ3v) is 11.5. The number of hydrogen-bond acceptors (Lipinski definition) is 3. The summed E-state index contributed by atoms with van der Waals surface area (Å²) in [6, 6.07) is 81.3. The predicted molar refractivity (Wildman–Crippen MR) is 252 cm³/mol. The quantitative estimate of drug-likeness (QED) is 0.154.